The quantitative estimate of drug-likeness (QED) is 0.918. The van der Waals surface area contributed by atoms with Gasteiger partial charge in [-0.3, -0.25) is 0 Å². The zero-order valence-electron chi connectivity index (χ0n) is 12.2. The highest BCUT2D eigenvalue weighted by Gasteiger charge is 2.27. The van der Waals surface area contributed by atoms with Crippen molar-refractivity contribution in [2.45, 2.75) is 38.1 Å². The average Bonchev–Trinajstić information content (AvgIpc) is 3.10. The van der Waals surface area contributed by atoms with Crippen LogP contribution in [-0.4, -0.2) is 27.6 Å². The van der Waals surface area contributed by atoms with Crippen LogP contribution < -0.4 is 10.6 Å². The van der Waals surface area contributed by atoms with E-state index >= 15 is 0 Å². The van der Waals surface area contributed by atoms with Gasteiger partial charge in [0.05, 0.1) is 0 Å². The number of fused-ring (bicyclic) bond motifs is 1. The first-order chi connectivity index (χ1) is 10.3. The third kappa shape index (κ3) is 2.26. The Hall–Kier alpha value is -2.04. The number of nitrogen functional groups attached to an aromatic ring is 1. The van der Waals surface area contributed by atoms with E-state index in [1.54, 1.807) is 0 Å². The minimum absolute atomic E-state index is 0.508. The molecule has 0 saturated carbocycles. The molecule has 5 heteroatoms. The number of imidazole rings is 1. The molecule has 0 aliphatic carbocycles. The molecule has 2 aliphatic heterocycles. The molecule has 0 bridgehead atoms. The van der Waals surface area contributed by atoms with Crippen LogP contribution in [0.4, 0.5) is 11.6 Å². The maximum atomic E-state index is 5.81. The fourth-order valence-corrected chi connectivity index (χ4v) is 3.64. The van der Waals surface area contributed by atoms with Crippen LogP contribution in [0.3, 0.4) is 0 Å². The van der Waals surface area contributed by atoms with Crippen molar-refractivity contribution in [2.24, 2.45) is 0 Å². The topological polar surface area (TPSA) is 60.0 Å². The fraction of sp³-hybridized carbons (Fsp3) is 0.500. The number of aromatic nitrogens is 3. The predicted molar refractivity (Wildman–Crippen MR) is 83.4 cm³/mol. The normalized spacial score (nSPS) is 21.5. The van der Waals surface area contributed by atoms with Crippen LogP contribution in [0.25, 0.3) is 0 Å². The van der Waals surface area contributed by atoms with Gasteiger partial charge >= 0.3 is 0 Å². The van der Waals surface area contributed by atoms with Crippen LogP contribution >= 0.6 is 0 Å². The van der Waals surface area contributed by atoms with E-state index in [9.17, 15) is 0 Å². The third-order valence-electron chi connectivity index (χ3n) is 4.65. The Kier molecular flexibility index (Phi) is 3.05. The second kappa shape index (κ2) is 5.06. The molecule has 5 nitrogen and oxygen atoms in total. The van der Waals surface area contributed by atoms with Gasteiger partial charge in [0.2, 0.25) is 0 Å². The molecule has 2 aromatic rings. The van der Waals surface area contributed by atoms with Gasteiger partial charge in [0, 0.05) is 37.4 Å². The fourth-order valence-electron chi connectivity index (χ4n) is 3.64. The predicted octanol–water partition coefficient (Wildman–Crippen LogP) is 2.19. The molecule has 2 N–H and O–H groups in total. The van der Waals surface area contributed by atoms with Crippen molar-refractivity contribution < 1.29 is 0 Å². The minimum atomic E-state index is 0.508. The van der Waals surface area contributed by atoms with Gasteiger partial charge in [0.25, 0.3) is 0 Å². The lowest BCUT2D eigenvalue weighted by molar-refractivity contribution is 0.472. The van der Waals surface area contributed by atoms with Gasteiger partial charge in [0.1, 0.15) is 17.5 Å². The summed E-state index contributed by atoms with van der Waals surface area (Å²) < 4.78 is 2.43. The SMILES string of the molecule is Nc1cccc(N2CCCC(c3ncc4n3CCC4)C2)n1. The number of piperidine rings is 1. The van der Waals surface area contributed by atoms with E-state index in [0.717, 1.165) is 25.5 Å². The van der Waals surface area contributed by atoms with E-state index in [-0.39, 0.29) is 0 Å². The highest BCUT2D eigenvalue weighted by Crippen LogP contribution is 2.31. The first kappa shape index (κ1) is 12.7. The lowest BCUT2D eigenvalue weighted by atomic mass is 9.97. The van der Waals surface area contributed by atoms with Crippen LogP contribution in [0.15, 0.2) is 24.4 Å². The molecule has 4 rings (SSSR count). The number of anilines is 2. The van der Waals surface area contributed by atoms with E-state index < -0.39 is 0 Å². The monoisotopic (exact) mass is 283 g/mol. The third-order valence-corrected chi connectivity index (χ3v) is 4.65. The largest absolute Gasteiger partial charge is 0.384 e. The number of rotatable bonds is 2. The second-order valence-electron chi connectivity index (χ2n) is 6.07. The van der Waals surface area contributed by atoms with E-state index in [0.29, 0.717) is 11.7 Å². The van der Waals surface area contributed by atoms with Gasteiger partial charge in [-0.15, -0.1) is 0 Å². The van der Waals surface area contributed by atoms with Crippen molar-refractivity contribution in [1.29, 1.82) is 0 Å². The Morgan fingerprint density at radius 3 is 3.05 bits per heavy atom. The highest BCUT2D eigenvalue weighted by molar-refractivity contribution is 5.45. The molecular weight excluding hydrogens is 262 g/mol. The maximum Gasteiger partial charge on any atom is 0.130 e. The highest BCUT2D eigenvalue weighted by atomic mass is 15.2. The lowest BCUT2D eigenvalue weighted by Gasteiger charge is -2.33. The van der Waals surface area contributed by atoms with Crippen LogP contribution in [0.5, 0.6) is 0 Å². The van der Waals surface area contributed by atoms with Crippen molar-refractivity contribution in [3.05, 3.63) is 35.9 Å². The molecule has 21 heavy (non-hydrogen) atoms. The van der Waals surface area contributed by atoms with Crippen molar-refractivity contribution >= 4 is 11.6 Å². The van der Waals surface area contributed by atoms with Crippen LogP contribution in [0.2, 0.25) is 0 Å². The molecule has 0 aromatic carbocycles. The van der Waals surface area contributed by atoms with Crippen LogP contribution in [-0.2, 0) is 13.0 Å². The summed E-state index contributed by atoms with van der Waals surface area (Å²) in [7, 11) is 0. The number of hydrogen-bond acceptors (Lipinski definition) is 4. The summed E-state index contributed by atoms with van der Waals surface area (Å²) in [5.74, 6) is 3.37. The van der Waals surface area contributed by atoms with Crippen molar-refractivity contribution in [1.82, 2.24) is 14.5 Å². The molecule has 1 fully saturated rings. The number of pyridine rings is 1. The molecule has 110 valence electrons. The van der Waals surface area contributed by atoms with Crippen LogP contribution in [0.1, 0.15) is 36.7 Å². The summed E-state index contributed by atoms with van der Waals surface area (Å²) in [4.78, 5) is 11.5. The van der Waals surface area contributed by atoms with Crippen molar-refractivity contribution in [2.75, 3.05) is 23.7 Å². The molecule has 1 unspecified atom stereocenters. The van der Waals surface area contributed by atoms with Crippen molar-refractivity contribution in [3.63, 3.8) is 0 Å². The summed E-state index contributed by atoms with van der Waals surface area (Å²) >= 11 is 0. The van der Waals surface area contributed by atoms with Gasteiger partial charge < -0.3 is 15.2 Å². The Morgan fingerprint density at radius 1 is 1.19 bits per heavy atom. The van der Waals surface area contributed by atoms with Gasteiger partial charge in [0.15, 0.2) is 0 Å². The Morgan fingerprint density at radius 2 is 2.14 bits per heavy atom. The zero-order valence-corrected chi connectivity index (χ0v) is 12.2. The standard InChI is InChI=1S/C16H21N5/c17-14-6-1-7-15(19-14)20-8-2-4-12(11-20)16-18-10-13-5-3-9-21(13)16/h1,6-7,10,12H,2-5,8-9,11H2,(H2,17,19). The van der Waals surface area contributed by atoms with Gasteiger partial charge in [-0.1, -0.05) is 6.07 Å². The van der Waals surface area contributed by atoms with E-state index in [4.69, 9.17) is 10.7 Å². The van der Waals surface area contributed by atoms with Gasteiger partial charge in [-0.05, 0) is 37.8 Å². The van der Waals surface area contributed by atoms with Gasteiger partial charge in [-0.2, -0.15) is 0 Å². The number of nitrogens with two attached hydrogens (primary N) is 1. The van der Waals surface area contributed by atoms with E-state index in [2.05, 4.69) is 26.7 Å². The second-order valence-corrected chi connectivity index (χ2v) is 6.07. The summed E-state index contributed by atoms with van der Waals surface area (Å²) in [6, 6.07) is 5.87. The molecule has 2 aromatic heterocycles. The molecular formula is C16H21N5. The van der Waals surface area contributed by atoms with Crippen LogP contribution in [0, 0.1) is 0 Å². The van der Waals surface area contributed by atoms with E-state index in [1.807, 2.05) is 12.1 Å². The van der Waals surface area contributed by atoms with Crippen molar-refractivity contribution in [3.8, 4) is 0 Å². The first-order valence-corrected chi connectivity index (χ1v) is 7.83. The zero-order chi connectivity index (χ0) is 14.2. The van der Waals surface area contributed by atoms with E-state index in [1.165, 1.54) is 37.2 Å². The molecule has 0 spiro atoms. The Labute approximate surface area is 124 Å². The number of aryl methyl sites for hydroxylation is 1. The maximum absolute atomic E-state index is 5.81. The summed E-state index contributed by atoms with van der Waals surface area (Å²) in [5, 5.41) is 0. The molecule has 1 atom stereocenters. The average molecular weight is 283 g/mol. The summed E-state index contributed by atoms with van der Waals surface area (Å²) in [6.45, 7) is 3.19. The minimum Gasteiger partial charge on any atom is -0.384 e. The number of hydrogen-bond donors (Lipinski definition) is 1. The molecule has 0 amide bonds. The molecule has 4 heterocycles. The molecule has 2 aliphatic rings. The summed E-state index contributed by atoms with van der Waals surface area (Å²) in [6.07, 6.45) is 6.91. The number of nitrogens with zero attached hydrogens (tertiary/aromatic N) is 4. The molecule has 1 saturated heterocycles. The smallest absolute Gasteiger partial charge is 0.130 e. The molecule has 0 radical (unpaired) electrons. The van der Waals surface area contributed by atoms with Gasteiger partial charge in [-0.25, -0.2) is 9.97 Å². The Bertz CT molecular complexity index is 648. The summed E-state index contributed by atoms with van der Waals surface area (Å²) in [5.41, 5.74) is 7.22. The Balaban J connectivity index is 1.58. The first-order valence-electron chi connectivity index (χ1n) is 7.83. The lowest BCUT2D eigenvalue weighted by Crippen LogP contribution is -2.36.